The summed E-state index contributed by atoms with van der Waals surface area (Å²) < 4.78 is 0. The first-order valence-electron chi connectivity index (χ1n) is 7.44. The number of nitrogens with zero attached hydrogens (tertiary/aromatic N) is 1. The fourth-order valence-corrected chi connectivity index (χ4v) is 2.75. The number of aryl methyl sites for hydroxylation is 1. The molecule has 1 saturated heterocycles. The van der Waals surface area contributed by atoms with Gasteiger partial charge in [0.05, 0.1) is 5.69 Å². The van der Waals surface area contributed by atoms with Crippen molar-refractivity contribution >= 4 is 17.5 Å². The van der Waals surface area contributed by atoms with E-state index >= 15 is 0 Å². The van der Waals surface area contributed by atoms with Crippen molar-refractivity contribution in [3.63, 3.8) is 0 Å². The molecule has 1 aliphatic heterocycles. The van der Waals surface area contributed by atoms with Crippen LogP contribution >= 0.6 is 0 Å². The van der Waals surface area contributed by atoms with Crippen molar-refractivity contribution in [2.24, 2.45) is 0 Å². The van der Waals surface area contributed by atoms with Crippen LogP contribution in [0, 0.1) is 6.92 Å². The Morgan fingerprint density at radius 3 is 2.81 bits per heavy atom. The zero-order valence-electron chi connectivity index (χ0n) is 12.6. The van der Waals surface area contributed by atoms with Gasteiger partial charge >= 0.3 is 11.8 Å². The Hall–Kier alpha value is -2.04. The third-order valence-corrected chi connectivity index (χ3v) is 3.95. The molecule has 0 aliphatic carbocycles. The number of rotatable bonds is 2. The highest BCUT2D eigenvalue weighted by Crippen LogP contribution is 2.24. The minimum absolute atomic E-state index is 0.0261. The summed E-state index contributed by atoms with van der Waals surface area (Å²) in [5, 5.41) is 12.3. The molecule has 1 unspecified atom stereocenters. The van der Waals surface area contributed by atoms with Crippen LogP contribution in [0.5, 0.6) is 5.75 Å². The van der Waals surface area contributed by atoms with Crippen LogP contribution in [0.2, 0.25) is 0 Å². The SMILES string of the molecule is CCC1CCCCN1C(=O)C(=O)Nc1ccc(C)cc1O. The number of benzene rings is 1. The lowest BCUT2D eigenvalue weighted by molar-refractivity contribution is -0.145. The van der Waals surface area contributed by atoms with Crippen molar-refractivity contribution < 1.29 is 14.7 Å². The number of carbonyl (C=O) groups excluding carboxylic acids is 2. The summed E-state index contributed by atoms with van der Waals surface area (Å²) >= 11 is 0. The minimum Gasteiger partial charge on any atom is -0.506 e. The topological polar surface area (TPSA) is 69.6 Å². The Balaban J connectivity index is 2.06. The molecule has 1 aromatic carbocycles. The van der Waals surface area contributed by atoms with Gasteiger partial charge in [-0.15, -0.1) is 0 Å². The smallest absolute Gasteiger partial charge is 0.314 e. The largest absolute Gasteiger partial charge is 0.506 e. The van der Waals surface area contributed by atoms with Crippen molar-refractivity contribution in [3.8, 4) is 5.75 Å². The van der Waals surface area contributed by atoms with Crippen LogP contribution < -0.4 is 5.32 Å². The van der Waals surface area contributed by atoms with Gasteiger partial charge in [-0.25, -0.2) is 0 Å². The molecule has 2 rings (SSSR count). The number of hydrogen-bond acceptors (Lipinski definition) is 3. The van der Waals surface area contributed by atoms with Crippen molar-refractivity contribution in [1.29, 1.82) is 0 Å². The van der Waals surface area contributed by atoms with E-state index in [1.165, 1.54) is 0 Å². The molecule has 1 heterocycles. The van der Waals surface area contributed by atoms with Crippen LogP contribution in [0.25, 0.3) is 0 Å². The number of nitrogens with one attached hydrogen (secondary N) is 1. The van der Waals surface area contributed by atoms with E-state index in [1.807, 2.05) is 13.8 Å². The highest BCUT2D eigenvalue weighted by atomic mass is 16.3. The van der Waals surface area contributed by atoms with Crippen LogP contribution in [-0.2, 0) is 9.59 Å². The number of phenolic OH excluding ortho intramolecular Hbond substituents is 1. The molecular weight excluding hydrogens is 268 g/mol. The number of piperidine rings is 1. The molecule has 1 atom stereocenters. The normalized spacial score (nSPS) is 18.4. The van der Waals surface area contributed by atoms with Gasteiger partial charge in [0.15, 0.2) is 0 Å². The molecule has 21 heavy (non-hydrogen) atoms. The second-order valence-electron chi connectivity index (χ2n) is 5.53. The molecule has 5 heteroatoms. The molecule has 5 nitrogen and oxygen atoms in total. The van der Waals surface area contributed by atoms with Crippen LogP contribution in [-0.4, -0.2) is 34.4 Å². The molecule has 114 valence electrons. The van der Waals surface area contributed by atoms with Gasteiger partial charge in [-0.3, -0.25) is 9.59 Å². The number of phenols is 1. The fraction of sp³-hybridized carbons (Fsp3) is 0.500. The number of anilines is 1. The van der Waals surface area contributed by atoms with Gasteiger partial charge in [-0.05, 0) is 50.3 Å². The molecule has 0 bridgehead atoms. The summed E-state index contributed by atoms with van der Waals surface area (Å²) in [6.45, 7) is 4.50. The van der Waals surface area contributed by atoms with Crippen molar-refractivity contribution in [1.82, 2.24) is 4.90 Å². The predicted molar refractivity (Wildman–Crippen MR) is 81.1 cm³/mol. The number of hydrogen-bond donors (Lipinski definition) is 2. The fourth-order valence-electron chi connectivity index (χ4n) is 2.75. The number of aromatic hydroxyl groups is 1. The summed E-state index contributed by atoms with van der Waals surface area (Å²) in [5.41, 5.74) is 1.16. The lowest BCUT2D eigenvalue weighted by Crippen LogP contribution is -2.48. The average Bonchev–Trinajstić information content (AvgIpc) is 2.49. The maximum Gasteiger partial charge on any atom is 0.314 e. The van der Waals surface area contributed by atoms with E-state index in [0.29, 0.717) is 6.54 Å². The summed E-state index contributed by atoms with van der Waals surface area (Å²) in [6.07, 6.45) is 3.84. The lowest BCUT2D eigenvalue weighted by Gasteiger charge is -2.34. The Morgan fingerprint density at radius 2 is 2.14 bits per heavy atom. The summed E-state index contributed by atoms with van der Waals surface area (Å²) in [7, 11) is 0. The molecule has 1 fully saturated rings. The molecule has 0 radical (unpaired) electrons. The Morgan fingerprint density at radius 1 is 1.38 bits per heavy atom. The number of carbonyl (C=O) groups is 2. The zero-order valence-corrected chi connectivity index (χ0v) is 12.6. The first kappa shape index (κ1) is 15.4. The summed E-state index contributed by atoms with van der Waals surface area (Å²) in [5.74, 6) is -1.22. The Labute approximate surface area is 125 Å². The standard InChI is InChI=1S/C16H22N2O3/c1-3-12-6-4-5-9-18(12)16(21)15(20)17-13-8-7-11(2)10-14(13)19/h7-8,10,12,19H,3-6,9H2,1-2H3,(H,17,20). The lowest BCUT2D eigenvalue weighted by atomic mass is 10.00. The third kappa shape index (κ3) is 3.54. The maximum atomic E-state index is 12.3. The molecule has 2 N–H and O–H groups in total. The van der Waals surface area contributed by atoms with Crippen LogP contribution in [0.4, 0.5) is 5.69 Å². The molecule has 2 amide bonds. The first-order valence-corrected chi connectivity index (χ1v) is 7.44. The van der Waals surface area contributed by atoms with E-state index in [1.54, 1.807) is 23.1 Å². The minimum atomic E-state index is -0.686. The van der Waals surface area contributed by atoms with E-state index in [4.69, 9.17) is 0 Å². The molecule has 0 aromatic heterocycles. The number of amides is 2. The molecule has 1 aromatic rings. The second kappa shape index (κ2) is 6.61. The second-order valence-corrected chi connectivity index (χ2v) is 5.53. The monoisotopic (exact) mass is 290 g/mol. The zero-order chi connectivity index (χ0) is 15.4. The van der Waals surface area contributed by atoms with Crippen molar-refractivity contribution in [3.05, 3.63) is 23.8 Å². The van der Waals surface area contributed by atoms with Gasteiger partial charge in [0.25, 0.3) is 0 Å². The van der Waals surface area contributed by atoms with Gasteiger partial charge in [0, 0.05) is 12.6 Å². The van der Waals surface area contributed by atoms with E-state index < -0.39 is 11.8 Å². The molecule has 1 aliphatic rings. The van der Waals surface area contributed by atoms with Gasteiger partial charge < -0.3 is 15.3 Å². The van der Waals surface area contributed by atoms with E-state index in [-0.39, 0.29) is 17.5 Å². The molecular formula is C16H22N2O3. The van der Waals surface area contributed by atoms with Crippen molar-refractivity contribution in [2.75, 3.05) is 11.9 Å². The van der Waals surface area contributed by atoms with Crippen LogP contribution in [0.15, 0.2) is 18.2 Å². The average molecular weight is 290 g/mol. The molecule has 0 saturated carbocycles. The van der Waals surface area contributed by atoms with E-state index in [0.717, 1.165) is 31.2 Å². The van der Waals surface area contributed by atoms with Crippen LogP contribution in [0.3, 0.4) is 0 Å². The van der Waals surface area contributed by atoms with Gasteiger partial charge in [0.1, 0.15) is 5.75 Å². The van der Waals surface area contributed by atoms with Crippen molar-refractivity contribution in [2.45, 2.75) is 45.6 Å². The summed E-state index contributed by atoms with van der Waals surface area (Å²) in [6, 6.07) is 5.07. The predicted octanol–water partition coefficient (Wildman–Crippen LogP) is 2.43. The van der Waals surface area contributed by atoms with Gasteiger partial charge in [0.2, 0.25) is 0 Å². The highest BCUT2D eigenvalue weighted by Gasteiger charge is 2.29. The van der Waals surface area contributed by atoms with Crippen LogP contribution in [0.1, 0.15) is 38.2 Å². The third-order valence-electron chi connectivity index (χ3n) is 3.95. The maximum absolute atomic E-state index is 12.3. The quantitative estimate of drug-likeness (QED) is 0.649. The summed E-state index contributed by atoms with van der Waals surface area (Å²) in [4.78, 5) is 26.0. The van der Waals surface area contributed by atoms with E-state index in [2.05, 4.69) is 5.32 Å². The van der Waals surface area contributed by atoms with Gasteiger partial charge in [-0.2, -0.15) is 0 Å². The van der Waals surface area contributed by atoms with Gasteiger partial charge in [-0.1, -0.05) is 13.0 Å². The highest BCUT2D eigenvalue weighted by molar-refractivity contribution is 6.39. The Bertz CT molecular complexity index is 542. The first-order chi connectivity index (χ1) is 10.0. The Kier molecular flexibility index (Phi) is 4.83. The number of likely N-dealkylation sites (tertiary alicyclic amines) is 1. The van der Waals surface area contributed by atoms with E-state index in [9.17, 15) is 14.7 Å². The molecule has 0 spiro atoms.